The lowest BCUT2D eigenvalue weighted by Crippen LogP contribution is -2.70. The molecule has 18 atom stereocenters. The minimum atomic E-state index is -1.80. The van der Waals surface area contributed by atoms with E-state index < -0.39 is 101 Å². The summed E-state index contributed by atoms with van der Waals surface area (Å²) in [5, 5.41) is 65.2. The van der Waals surface area contributed by atoms with Crippen molar-refractivity contribution in [3.63, 3.8) is 0 Å². The van der Waals surface area contributed by atoms with Crippen LogP contribution in [0.15, 0.2) is 0 Å². The number of cyclic esters (lactones) is 1. The third-order valence-corrected chi connectivity index (χ3v) is 12.4. The van der Waals surface area contributed by atoms with Gasteiger partial charge in [-0.2, -0.15) is 0 Å². The zero-order valence-corrected chi connectivity index (χ0v) is 35.1. The maximum absolute atomic E-state index is 14.2. The molecule has 3 heterocycles. The van der Waals surface area contributed by atoms with Crippen LogP contribution < -0.4 is 16.4 Å². The second-order valence-corrected chi connectivity index (χ2v) is 17.7. The summed E-state index contributed by atoms with van der Waals surface area (Å²) in [7, 11) is 1.52. The van der Waals surface area contributed by atoms with Crippen LogP contribution in [-0.4, -0.2) is 148 Å². The Kier molecular flexibility index (Phi) is 16.4. The molecular weight excluding hydrogens is 702 g/mol. The summed E-state index contributed by atoms with van der Waals surface area (Å²) in [4.78, 5) is 14.2. The first kappa shape index (κ1) is 47.3. The number of rotatable bonds is 9. The Balaban J connectivity index is 2.15. The van der Waals surface area contributed by atoms with Gasteiger partial charge in [-0.05, 0) is 73.6 Å². The van der Waals surface area contributed by atoms with Crippen molar-refractivity contribution >= 4 is 5.97 Å². The molecular formula is C39H75N3O12. The van der Waals surface area contributed by atoms with Gasteiger partial charge in [0.15, 0.2) is 12.6 Å². The van der Waals surface area contributed by atoms with E-state index in [1.807, 2.05) is 27.7 Å². The van der Waals surface area contributed by atoms with Crippen molar-refractivity contribution in [1.82, 2.24) is 10.6 Å². The highest BCUT2D eigenvalue weighted by atomic mass is 16.7. The monoisotopic (exact) mass is 778 g/mol. The third-order valence-electron chi connectivity index (χ3n) is 12.4. The molecule has 3 fully saturated rings. The number of nitrogens with two attached hydrogens (primary N) is 1. The number of aliphatic hydroxyl groups is 5. The highest BCUT2D eigenvalue weighted by Crippen LogP contribution is 2.43. The Morgan fingerprint density at radius 1 is 1.00 bits per heavy atom. The summed E-state index contributed by atoms with van der Waals surface area (Å²) in [5.41, 5.74) is 0.265. The van der Waals surface area contributed by atoms with Gasteiger partial charge in [-0.3, -0.25) is 4.79 Å². The maximum Gasteiger partial charge on any atom is 0.311 e. The van der Waals surface area contributed by atoms with E-state index >= 15 is 0 Å². The molecule has 3 saturated heterocycles. The van der Waals surface area contributed by atoms with Gasteiger partial charge in [0.1, 0.15) is 29.0 Å². The lowest BCUT2D eigenvalue weighted by atomic mass is 9.75. The molecule has 0 aromatic carbocycles. The molecule has 0 radical (unpaired) electrons. The van der Waals surface area contributed by atoms with Gasteiger partial charge in [0, 0.05) is 50.7 Å². The van der Waals surface area contributed by atoms with Gasteiger partial charge in [0.05, 0.1) is 42.0 Å². The molecule has 0 bridgehead atoms. The molecule has 1 unspecified atom stereocenters. The van der Waals surface area contributed by atoms with Crippen LogP contribution in [0.2, 0.25) is 0 Å². The number of methoxy groups -OCH3 is 1. The molecule has 0 spiro atoms. The minimum Gasteiger partial charge on any atom is -0.459 e. The summed E-state index contributed by atoms with van der Waals surface area (Å²) in [5.74, 6) is -3.02. The molecule has 3 aliphatic heterocycles. The number of aliphatic hydroxyl groups excluding tert-OH is 2. The van der Waals surface area contributed by atoms with Crippen molar-refractivity contribution in [3.05, 3.63) is 0 Å². The number of hydrogen-bond acceptors (Lipinski definition) is 15. The van der Waals surface area contributed by atoms with Crippen molar-refractivity contribution < 1.29 is 58.7 Å². The Morgan fingerprint density at radius 3 is 2.20 bits per heavy atom. The number of esters is 1. The molecule has 3 aliphatic rings. The maximum atomic E-state index is 14.2. The second kappa shape index (κ2) is 18.7. The smallest absolute Gasteiger partial charge is 0.311 e. The van der Waals surface area contributed by atoms with Gasteiger partial charge in [0.2, 0.25) is 0 Å². The van der Waals surface area contributed by atoms with Gasteiger partial charge < -0.3 is 70.3 Å². The number of carbonyl (C=O) groups excluding carboxylic acids is 1. The van der Waals surface area contributed by atoms with Crippen molar-refractivity contribution in [3.8, 4) is 0 Å². The first-order valence-electron chi connectivity index (χ1n) is 20.0. The first-order chi connectivity index (χ1) is 24.8. The number of ether oxygens (including phenoxy) is 6. The molecule has 54 heavy (non-hydrogen) atoms. The van der Waals surface area contributed by atoms with Gasteiger partial charge in [-0.1, -0.05) is 34.6 Å². The molecule has 0 saturated carbocycles. The highest BCUT2D eigenvalue weighted by Gasteiger charge is 2.58. The van der Waals surface area contributed by atoms with Crippen LogP contribution in [0.25, 0.3) is 0 Å². The van der Waals surface area contributed by atoms with Crippen LogP contribution in [0, 0.1) is 17.8 Å². The SMILES string of the molecule is CC[C@@H]1OC(=O)[C@H](C)[C@H](OC2C[C@@](C)(OC)[C@](O)(CNC(C)C)[C@H](C)O2)[C@@H](C)[C@@H](O[C@@H]2O[C@H](C)C[C@H](N)[C@H]2O)[C@](C)(O)C[C@@H](C)NC[C@@H](C)[C@H](O)[C@]1(C)O. The fourth-order valence-corrected chi connectivity index (χ4v) is 8.64. The predicted octanol–water partition coefficient (Wildman–Crippen LogP) is 1.32. The Hall–Kier alpha value is -1.05. The molecule has 0 aliphatic carbocycles. The number of hydrogen-bond donors (Lipinski definition) is 8. The minimum absolute atomic E-state index is 0.0746. The molecule has 3 rings (SSSR count). The number of nitrogens with one attached hydrogen (secondary N) is 2. The van der Waals surface area contributed by atoms with Gasteiger partial charge in [-0.25, -0.2) is 0 Å². The first-order valence-corrected chi connectivity index (χ1v) is 20.0. The zero-order valence-electron chi connectivity index (χ0n) is 35.1. The van der Waals surface area contributed by atoms with Crippen LogP contribution in [0.5, 0.6) is 0 Å². The molecule has 15 heteroatoms. The number of carbonyl (C=O) groups is 1. The van der Waals surface area contributed by atoms with E-state index in [0.717, 1.165) is 0 Å². The van der Waals surface area contributed by atoms with E-state index in [1.165, 1.54) is 14.0 Å². The molecule has 0 amide bonds. The second-order valence-electron chi connectivity index (χ2n) is 17.7. The van der Waals surface area contributed by atoms with Crippen LogP contribution in [0.4, 0.5) is 0 Å². The summed E-state index contributed by atoms with van der Waals surface area (Å²) in [6.45, 7) is 21.7. The fraction of sp³-hybridized carbons (Fsp3) is 0.974. The van der Waals surface area contributed by atoms with Crippen LogP contribution in [0.3, 0.4) is 0 Å². The average molecular weight is 778 g/mol. The summed E-state index contributed by atoms with van der Waals surface area (Å²) in [6, 6.07) is -0.871. The Bertz CT molecular complexity index is 1200. The predicted molar refractivity (Wildman–Crippen MR) is 202 cm³/mol. The standard InChI is InChI=1S/C39H75N3O12/c1-14-28-38(12,47)32(44)21(4)18-41-22(5)16-36(10,46)33(54-35-30(43)27(40)15-23(6)50-35)24(7)31(25(8)34(45)52-28)53-29-17-37(11,49-13)39(48,26(9)51-29)19-42-20(2)3/h20-33,35,41-44,46-48H,14-19,40H2,1-13H3/t21-,22-,23-,24-,25-,26+,27+,28+,29?,30-,31-,32+,33-,35+,36-,37-,38-,39+/m1/s1. The fourth-order valence-electron chi connectivity index (χ4n) is 8.64. The molecule has 0 aromatic rings. The third kappa shape index (κ3) is 10.5. The summed E-state index contributed by atoms with van der Waals surface area (Å²) >= 11 is 0. The van der Waals surface area contributed by atoms with Crippen LogP contribution >= 0.6 is 0 Å². The Labute approximate surface area is 323 Å². The molecule has 318 valence electrons. The van der Waals surface area contributed by atoms with Crippen molar-refractivity contribution in [2.24, 2.45) is 23.5 Å². The van der Waals surface area contributed by atoms with E-state index in [4.69, 9.17) is 34.2 Å². The van der Waals surface area contributed by atoms with E-state index in [2.05, 4.69) is 10.6 Å². The zero-order chi connectivity index (χ0) is 41.1. The lowest BCUT2D eigenvalue weighted by molar-refractivity contribution is -0.335. The summed E-state index contributed by atoms with van der Waals surface area (Å²) < 4.78 is 37.8. The highest BCUT2D eigenvalue weighted by molar-refractivity contribution is 5.73. The van der Waals surface area contributed by atoms with E-state index in [0.29, 0.717) is 6.42 Å². The molecule has 15 nitrogen and oxygen atoms in total. The van der Waals surface area contributed by atoms with E-state index in [-0.39, 0.29) is 50.5 Å². The largest absolute Gasteiger partial charge is 0.459 e. The summed E-state index contributed by atoms with van der Waals surface area (Å²) in [6.07, 6.45) is -8.19. The topological polar surface area (TPSA) is 224 Å². The van der Waals surface area contributed by atoms with E-state index in [1.54, 1.807) is 48.5 Å². The lowest BCUT2D eigenvalue weighted by Gasteiger charge is -2.54. The van der Waals surface area contributed by atoms with Gasteiger partial charge in [0.25, 0.3) is 0 Å². The van der Waals surface area contributed by atoms with Crippen LogP contribution in [0.1, 0.15) is 109 Å². The van der Waals surface area contributed by atoms with Gasteiger partial charge >= 0.3 is 5.97 Å². The quantitative estimate of drug-likeness (QED) is 0.155. The normalized spacial score (nSPS) is 49.2. The van der Waals surface area contributed by atoms with E-state index in [9.17, 15) is 30.3 Å². The average Bonchev–Trinajstić information content (AvgIpc) is 3.08. The van der Waals surface area contributed by atoms with Crippen molar-refractivity contribution in [2.75, 3.05) is 20.2 Å². The van der Waals surface area contributed by atoms with Gasteiger partial charge in [-0.15, -0.1) is 0 Å². The molecule has 0 aromatic heterocycles. The van der Waals surface area contributed by atoms with Crippen molar-refractivity contribution in [1.29, 1.82) is 0 Å². The Morgan fingerprint density at radius 2 is 1.63 bits per heavy atom. The van der Waals surface area contributed by atoms with Crippen LogP contribution in [-0.2, 0) is 33.2 Å². The molecule has 9 N–H and O–H groups in total. The van der Waals surface area contributed by atoms with Crippen molar-refractivity contribution in [2.45, 2.75) is 205 Å².